The van der Waals surface area contributed by atoms with E-state index in [4.69, 9.17) is 4.74 Å². The summed E-state index contributed by atoms with van der Waals surface area (Å²) in [4.78, 5) is 23.8. The first-order valence-corrected chi connectivity index (χ1v) is 4.91. The second-order valence-corrected chi connectivity index (χ2v) is 3.20. The minimum Gasteiger partial charge on any atom is -0.466 e. The lowest BCUT2D eigenvalue weighted by Crippen LogP contribution is -2.20. The lowest BCUT2D eigenvalue weighted by molar-refractivity contribution is -0.136. The Bertz CT molecular complexity index is 285. The fourth-order valence-electron chi connectivity index (χ4n) is 1.33. The first-order valence-electron chi connectivity index (χ1n) is 4.91. The highest BCUT2D eigenvalue weighted by atomic mass is 16.6. The van der Waals surface area contributed by atoms with Gasteiger partial charge in [0.05, 0.1) is 19.2 Å². The molecule has 5 heteroatoms. The maximum absolute atomic E-state index is 11.3. The summed E-state index contributed by atoms with van der Waals surface area (Å²) in [6.45, 7) is 2.82. The van der Waals surface area contributed by atoms with Crippen molar-refractivity contribution in [2.24, 2.45) is 0 Å². The number of carbonyl (C=O) groups excluding carboxylic acids is 2. The quantitative estimate of drug-likeness (QED) is 0.521. The first-order chi connectivity index (χ1) is 7.19. The summed E-state index contributed by atoms with van der Waals surface area (Å²) in [5.74, 6) is -0.392. The highest BCUT2D eigenvalue weighted by molar-refractivity contribution is 5.88. The molecule has 1 aliphatic rings. The van der Waals surface area contributed by atoms with Crippen molar-refractivity contribution in [3.8, 4) is 0 Å². The maximum Gasteiger partial charge on any atom is 0.413 e. The summed E-state index contributed by atoms with van der Waals surface area (Å²) in [6, 6.07) is 0. The van der Waals surface area contributed by atoms with E-state index in [2.05, 4.69) is 4.74 Å². The molecule has 1 heterocycles. The van der Waals surface area contributed by atoms with E-state index >= 15 is 0 Å². The lowest BCUT2D eigenvalue weighted by atomic mass is 10.1. The highest BCUT2D eigenvalue weighted by Crippen LogP contribution is 2.12. The van der Waals surface area contributed by atoms with E-state index in [-0.39, 0.29) is 0 Å². The van der Waals surface area contributed by atoms with Gasteiger partial charge in [-0.3, -0.25) is 4.90 Å². The van der Waals surface area contributed by atoms with Gasteiger partial charge in [0, 0.05) is 6.20 Å². The molecule has 0 spiro atoms. The van der Waals surface area contributed by atoms with Gasteiger partial charge in [-0.25, -0.2) is 9.59 Å². The minimum absolute atomic E-state index is 0.371. The van der Waals surface area contributed by atoms with Crippen molar-refractivity contribution in [3.63, 3.8) is 0 Å². The van der Waals surface area contributed by atoms with E-state index < -0.39 is 12.1 Å². The first kappa shape index (κ1) is 11.6. The van der Waals surface area contributed by atoms with E-state index in [1.54, 1.807) is 0 Å². The van der Waals surface area contributed by atoms with Crippen LogP contribution in [-0.4, -0.2) is 37.2 Å². The monoisotopic (exact) mass is 213 g/mol. The topological polar surface area (TPSA) is 55.8 Å². The van der Waals surface area contributed by atoms with Crippen LogP contribution in [-0.2, 0) is 14.3 Å². The average molecular weight is 213 g/mol. The molecule has 0 saturated carbocycles. The van der Waals surface area contributed by atoms with Crippen molar-refractivity contribution in [1.82, 2.24) is 4.90 Å². The third-order valence-electron chi connectivity index (χ3n) is 2.07. The van der Waals surface area contributed by atoms with Gasteiger partial charge in [-0.15, -0.1) is 0 Å². The Labute approximate surface area is 88.6 Å². The molecular formula is C10H15NO4. The smallest absolute Gasteiger partial charge is 0.413 e. The highest BCUT2D eigenvalue weighted by Gasteiger charge is 2.22. The third kappa shape index (κ3) is 2.97. The van der Waals surface area contributed by atoms with Crippen LogP contribution in [0, 0.1) is 0 Å². The predicted octanol–water partition coefficient (Wildman–Crippen LogP) is 1.30. The van der Waals surface area contributed by atoms with Crippen molar-refractivity contribution < 1.29 is 19.1 Å². The van der Waals surface area contributed by atoms with E-state index in [0.717, 1.165) is 6.42 Å². The van der Waals surface area contributed by atoms with Gasteiger partial charge in [-0.2, -0.15) is 0 Å². The number of rotatable bonds is 4. The lowest BCUT2D eigenvalue weighted by Gasteiger charge is -2.09. The third-order valence-corrected chi connectivity index (χ3v) is 2.07. The predicted molar refractivity (Wildman–Crippen MR) is 53.1 cm³/mol. The van der Waals surface area contributed by atoms with Gasteiger partial charge in [-0.1, -0.05) is 13.3 Å². The fraction of sp³-hybridized carbons (Fsp3) is 0.600. The van der Waals surface area contributed by atoms with Gasteiger partial charge >= 0.3 is 12.1 Å². The van der Waals surface area contributed by atoms with Crippen molar-refractivity contribution in [2.75, 3.05) is 20.3 Å². The van der Waals surface area contributed by atoms with Crippen LogP contribution in [0.5, 0.6) is 0 Å². The second kappa shape index (κ2) is 5.38. The molecule has 1 amide bonds. The molecule has 0 aromatic carbocycles. The van der Waals surface area contributed by atoms with Crippen LogP contribution in [0.2, 0.25) is 0 Å². The Morgan fingerprint density at radius 3 is 2.87 bits per heavy atom. The van der Waals surface area contributed by atoms with Crippen LogP contribution >= 0.6 is 0 Å². The summed E-state index contributed by atoms with van der Waals surface area (Å²) in [5.41, 5.74) is 0.499. The molecule has 0 bridgehead atoms. The molecule has 84 valence electrons. The summed E-state index contributed by atoms with van der Waals surface area (Å²) in [6.07, 6.45) is 2.53. The molecule has 0 N–H and O–H groups in total. The molecule has 1 saturated heterocycles. The van der Waals surface area contributed by atoms with Crippen molar-refractivity contribution in [3.05, 3.63) is 11.8 Å². The number of methoxy groups -OCH3 is 1. The molecule has 1 aliphatic heterocycles. The number of amides is 1. The van der Waals surface area contributed by atoms with E-state index in [1.807, 2.05) is 6.92 Å². The van der Waals surface area contributed by atoms with Gasteiger partial charge in [-0.05, 0) is 6.42 Å². The fourth-order valence-corrected chi connectivity index (χ4v) is 1.33. The number of cyclic esters (lactones) is 1. The number of ether oxygens (including phenoxy) is 2. The molecule has 15 heavy (non-hydrogen) atoms. The summed E-state index contributed by atoms with van der Waals surface area (Å²) in [5, 5.41) is 0. The SMILES string of the molecule is CCC/C(=C\N1CCOC1=O)C(=O)OC. The van der Waals surface area contributed by atoms with Gasteiger partial charge < -0.3 is 9.47 Å². The van der Waals surface area contributed by atoms with Crippen LogP contribution in [0.1, 0.15) is 19.8 Å². The second-order valence-electron chi connectivity index (χ2n) is 3.20. The molecular weight excluding hydrogens is 198 g/mol. The molecule has 0 unspecified atom stereocenters. The van der Waals surface area contributed by atoms with E-state index in [1.165, 1.54) is 18.2 Å². The zero-order valence-corrected chi connectivity index (χ0v) is 8.99. The summed E-state index contributed by atoms with van der Waals surface area (Å²) in [7, 11) is 1.33. The van der Waals surface area contributed by atoms with Crippen LogP contribution in [0.25, 0.3) is 0 Å². The van der Waals surface area contributed by atoms with Gasteiger partial charge in [0.25, 0.3) is 0 Å². The van der Waals surface area contributed by atoms with Crippen molar-refractivity contribution in [2.45, 2.75) is 19.8 Å². The molecule has 0 aromatic rings. The van der Waals surface area contributed by atoms with Crippen LogP contribution < -0.4 is 0 Å². The number of hydrogen-bond acceptors (Lipinski definition) is 4. The molecule has 0 aliphatic carbocycles. The average Bonchev–Trinajstić information content (AvgIpc) is 2.63. The zero-order valence-electron chi connectivity index (χ0n) is 8.99. The van der Waals surface area contributed by atoms with E-state index in [0.29, 0.717) is 25.1 Å². The Balaban J connectivity index is 2.73. The Morgan fingerprint density at radius 2 is 2.40 bits per heavy atom. The molecule has 1 fully saturated rings. The van der Waals surface area contributed by atoms with Gasteiger partial charge in [0.1, 0.15) is 6.61 Å². The number of carbonyl (C=O) groups is 2. The molecule has 0 radical (unpaired) electrons. The van der Waals surface area contributed by atoms with Crippen LogP contribution in [0.4, 0.5) is 4.79 Å². The van der Waals surface area contributed by atoms with Gasteiger partial charge in [0.15, 0.2) is 0 Å². The zero-order chi connectivity index (χ0) is 11.3. The normalized spacial score (nSPS) is 16.5. The summed E-state index contributed by atoms with van der Waals surface area (Å²) < 4.78 is 9.37. The molecule has 0 atom stereocenters. The minimum atomic E-state index is -0.410. The van der Waals surface area contributed by atoms with E-state index in [9.17, 15) is 9.59 Å². The van der Waals surface area contributed by atoms with Crippen molar-refractivity contribution >= 4 is 12.1 Å². The number of nitrogens with zero attached hydrogens (tertiary/aromatic N) is 1. The maximum atomic E-state index is 11.3. The molecule has 0 aromatic heterocycles. The summed E-state index contributed by atoms with van der Waals surface area (Å²) >= 11 is 0. The van der Waals surface area contributed by atoms with Gasteiger partial charge in [0.2, 0.25) is 0 Å². The van der Waals surface area contributed by atoms with Crippen LogP contribution in [0.3, 0.4) is 0 Å². The largest absolute Gasteiger partial charge is 0.466 e. The Kier molecular flexibility index (Phi) is 4.15. The molecule has 1 rings (SSSR count). The Morgan fingerprint density at radius 1 is 1.67 bits per heavy atom. The number of hydrogen-bond donors (Lipinski definition) is 0. The molecule has 5 nitrogen and oxygen atoms in total. The van der Waals surface area contributed by atoms with Crippen molar-refractivity contribution in [1.29, 1.82) is 0 Å². The van der Waals surface area contributed by atoms with Crippen LogP contribution in [0.15, 0.2) is 11.8 Å². The Hall–Kier alpha value is -1.52. The standard InChI is InChI=1S/C10H15NO4/c1-3-4-8(9(12)14-2)7-11-5-6-15-10(11)13/h7H,3-6H2,1-2H3/b8-7+. The number of esters is 1.